The van der Waals surface area contributed by atoms with E-state index in [1.165, 1.54) is 0 Å². The Morgan fingerprint density at radius 2 is 2.00 bits per heavy atom. The molecule has 0 aromatic carbocycles. The Bertz CT molecular complexity index is 410. The molecule has 2 aliphatic rings. The molecule has 0 aromatic rings. The van der Waals surface area contributed by atoms with Gasteiger partial charge in [0.25, 0.3) is 0 Å². The maximum absolute atomic E-state index is 12.4. The minimum atomic E-state index is -0.971. The van der Waals surface area contributed by atoms with Gasteiger partial charge in [-0.1, -0.05) is 6.58 Å². The van der Waals surface area contributed by atoms with Crippen molar-refractivity contribution in [3.8, 4) is 0 Å². The highest BCUT2D eigenvalue weighted by Gasteiger charge is 2.60. The summed E-state index contributed by atoms with van der Waals surface area (Å²) in [6.07, 6.45) is -0.683. The number of ether oxygens (including phenoxy) is 4. The lowest BCUT2D eigenvalue weighted by Gasteiger charge is -2.36. The highest BCUT2D eigenvalue weighted by Crippen LogP contribution is 2.41. The number of fused-ring (bicyclic) bond motifs is 1. The lowest BCUT2D eigenvalue weighted by atomic mass is 10.0. The van der Waals surface area contributed by atoms with Gasteiger partial charge in [0, 0.05) is 20.8 Å². The summed E-state index contributed by atoms with van der Waals surface area (Å²) in [4.78, 5) is 13.9. The lowest BCUT2D eigenvalue weighted by molar-refractivity contribution is -0.224. The number of rotatable bonds is 2. The predicted octanol–water partition coefficient (Wildman–Crippen LogP) is 1.55. The fraction of sp³-hybridized carbons (Fsp3) is 0.786. The summed E-state index contributed by atoms with van der Waals surface area (Å²) in [5.74, 6) is -0.971. The molecule has 20 heavy (non-hydrogen) atoms. The average Bonchev–Trinajstić information content (AvgIpc) is 2.87. The number of nitrogens with zero attached hydrogens (tertiary/aromatic N) is 1. The van der Waals surface area contributed by atoms with Crippen LogP contribution in [0.4, 0.5) is 4.79 Å². The van der Waals surface area contributed by atoms with Crippen molar-refractivity contribution in [1.82, 2.24) is 4.90 Å². The van der Waals surface area contributed by atoms with Crippen LogP contribution < -0.4 is 0 Å². The highest BCUT2D eigenvalue weighted by molar-refractivity contribution is 5.70. The summed E-state index contributed by atoms with van der Waals surface area (Å²) in [5.41, 5.74) is 0.274. The van der Waals surface area contributed by atoms with E-state index < -0.39 is 17.5 Å². The van der Waals surface area contributed by atoms with Crippen LogP contribution in [-0.2, 0) is 18.9 Å². The minimum Gasteiger partial charge on any atom is -0.444 e. The van der Waals surface area contributed by atoms with Gasteiger partial charge in [0.15, 0.2) is 0 Å². The second-order valence-electron chi connectivity index (χ2n) is 6.16. The van der Waals surface area contributed by atoms with Crippen LogP contribution in [0, 0.1) is 0 Å². The zero-order valence-electron chi connectivity index (χ0n) is 12.8. The van der Waals surface area contributed by atoms with Gasteiger partial charge in [0.05, 0.1) is 0 Å². The molecular formula is C14H23NO5. The van der Waals surface area contributed by atoms with Crippen molar-refractivity contribution in [2.75, 3.05) is 27.4 Å². The molecule has 0 aliphatic carbocycles. The first-order valence-electron chi connectivity index (χ1n) is 6.63. The van der Waals surface area contributed by atoms with E-state index in [4.69, 9.17) is 18.9 Å². The SMILES string of the molecule is C=C1CN(C(=O)OC(C)(C)C)C2C1OCC2(OC)OC. The Morgan fingerprint density at radius 1 is 1.40 bits per heavy atom. The third kappa shape index (κ3) is 2.43. The van der Waals surface area contributed by atoms with Crippen molar-refractivity contribution in [2.45, 2.75) is 44.3 Å². The fourth-order valence-corrected chi connectivity index (χ4v) is 2.70. The summed E-state index contributed by atoms with van der Waals surface area (Å²) in [5, 5.41) is 0. The maximum atomic E-state index is 12.4. The van der Waals surface area contributed by atoms with E-state index in [9.17, 15) is 4.79 Å². The first-order chi connectivity index (χ1) is 9.24. The molecule has 2 heterocycles. The fourth-order valence-electron chi connectivity index (χ4n) is 2.70. The van der Waals surface area contributed by atoms with Crippen LogP contribution in [0.25, 0.3) is 0 Å². The molecule has 0 radical (unpaired) electrons. The number of methoxy groups -OCH3 is 2. The molecule has 2 fully saturated rings. The Morgan fingerprint density at radius 3 is 2.50 bits per heavy atom. The van der Waals surface area contributed by atoms with Crippen LogP contribution in [0.1, 0.15) is 20.8 Å². The lowest BCUT2D eigenvalue weighted by Crippen LogP contribution is -2.55. The molecule has 0 bridgehead atoms. The quantitative estimate of drug-likeness (QED) is 0.569. The molecule has 2 rings (SSSR count). The average molecular weight is 285 g/mol. The normalized spacial score (nSPS) is 28.6. The molecule has 0 N–H and O–H groups in total. The molecule has 1 amide bonds. The molecule has 0 spiro atoms. The van der Waals surface area contributed by atoms with E-state index in [2.05, 4.69) is 6.58 Å². The van der Waals surface area contributed by atoms with Crippen LogP contribution in [-0.4, -0.2) is 61.9 Å². The molecule has 0 aromatic heterocycles. The summed E-state index contributed by atoms with van der Waals surface area (Å²) in [6.45, 7) is 10.1. The Hall–Kier alpha value is -1.11. The van der Waals surface area contributed by atoms with Crippen LogP contribution in [0.2, 0.25) is 0 Å². The monoisotopic (exact) mass is 285 g/mol. The van der Waals surface area contributed by atoms with Crippen molar-refractivity contribution >= 4 is 6.09 Å². The highest BCUT2D eigenvalue weighted by atomic mass is 16.7. The Labute approximate surface area is 119 Å². The van der Waals surface area contributed by atoms with Gasteiger partial charge in [0.1, 0.15) is 24.4 Å². The van der Waals surface area contributed by atoms with E-state index in [-0.39, 0.29) is 18.8 Å². The van der Waals surface area contributed by atoms with Crippen LogP contribution in [0.5, 0.6) is 0 Å². The molecular weight excluding hydrogens is 262 g/mol. The van der Waals surface area contributed by atoms with E-state index in [1.54, 1.807) is 19.1 Å². The van der Waals surface area contributed by atoms with E-state index in [1.807, 2.05) is 20.8 Å². The van der Waals surface area contributed by atoms with Gasteiger partial charge >= 0.3 is 6.09 Å². The van der Waals surface area contributed by atoms with Crippen molar-refractivity contribution in [3.05, 3.63) is 12.2 Å². The van der Waals surface area contributed by atoms with Crippen molar-refractivity contribution in [3.63, 3.8) is 0 Å². The van der Waals surface area contributed by atoms with Gasteiger partial charge in [-0.15, -0.1) is 0 Å². The van der Waals surface area contributed by atoms with Gasteiger partial charge in [-0.2, -0.15) is 0 Å². The first kappa shape index (κ1) is 15.3. The van der Waals surface area contributed by atoms with Crippen LogP contribution >= 0.6 is 0 Å². The number of carbonyl (C=O) groups excluding carboxylic acids is 1. The topological polar surface area (TPSA) is 57.2 Å². The number of hydrogen-bond acceptors (Lipinski definition) is 5. The predicted molar refractivity (Wildman–Crippen MR) is 72.4 cm³/mol. The third-order valence-electron chi connectivity index (χ3n) is 3.63. The number of amides is 1. The number of hydrogen-bond donors (Lipinski definition) is 0. The minimum absolute atomic E-state index is 0.258. The summed E-state index contributed by atoms with van der Waals surface area (Å²) >= 11 is 0. The largest absolute Gasteiger partial charge is 0.444 e. The molecule has 2 atom stereocenters. The van der Waals surface area contributed by atoms with Crippen molar-refractivity contribution in [2.24, 2.45) is 0 Å². The molecule has 6 nitrogen and oxygen atoms in total. The molecule has 6 heteroatoms. The maximum Gasteiger partial charge on any atom is 0.411 e. The van der Waals surface area contributed by atoms with E-state index in [0.717, 1.165) is 5.57 Å². The Kier molecular flexibility index (Phi) is 3.83. The van der Waals surface area contributed by atoms with Crippen molar-refractivity contribution < 1.29 is 23.7 Å². The molecule has 2 aliphatic heterocycles. The second kappa shape index (κ2) is 5.02. The number of likely N-dealkylation sites (tertiary alicyclic amines) is 1. The second-order valence-corrected chi connectivity index (χ2v) is 6.16. The van der Waals surface area contributed by atoms with Crippen LogP contribution in [0.3, 0.4) is 0 Å². The van der Waals surface area contributed by atoms with Crippen molar-refractivity contribution in [1.29, 1.82) is 0 Å². The molecule has 0 saturated carbocycles. The van der Waals surface area contributed by atoms with Gasteiger partial charge in [-0.3, -0.25) is 4.90 Å². The Balaban J connectivity index is 2.25. The molecule has 114 valence electrons. The summed E-state index contributed by atoms with van der Waals surface area (Å²) in [7, 11) is 3.09. The number of carbonyl (C=O) groups is 1. The van der Waals surface area contributed by atoms with Gasteiger partial charge in [-0.05, 0) is 26.3 Å². The standard InChI is InChI=1S/C14H23NO5/c1-9-7-15(12(16)20-13(2,3)4)11-10(9)19-8-14(11,17-5)18-6/h10-11H,1,7-8H2,2-6H3. The third-order valence-corrected chi connectivity index (χ3v) is 3.63. The first-order valence-corrected chi connectivity index (χ1v) is 6.63. The van der Waals surface area contributed by atoms with Gasteiger partial charge in [-0.25, -0.2) is 4.79 Å². The zero-order chi connectivity index (χ0) is 15.1. The molecule has 2 unspecified atom stereocenters. The van der Waals surface area contributed by atoms with Gasteiger partial charge < -0.3 is 18.9 Å². The van der Waals surface area contributed by atoms with E-state index >= 15 is 0 Å². The zero-order valence-corrected chi connectivity index (χ0v) is 12.8. The van der Waals surface area contributed by atoms with E-state index in [0.29, 0.717) is 6.54 Å². The van der Waals surface area contributed by atoms with Crippen LogP contribution in [0.15, 0.2) is 12.2 Å². The smallest absolute Gasteiger partial charge is 0.411 e. The van der Waals surface area contributed by atoms with Gasteiger partial charge in [0.2, 0.25) is 5.79 Å². The molecule has 2 saturated heterocycles. The summed E-state index contributed by atoms with van der Waals surface area (Å²) < 4.78 is 22.1. The summed E-state index contributed by atoms with van der Waals surface area (Å²) in [6, 6.07) is -0.375.